The smallest absolute Gasteiger partial charge is 0.240 e. The van der Waals surface area contributed by atoms with Gasteiger partial charge in [-0.2, -0.15) is 0 Å². The van der Waals surface area contributed by atoms with Gasteiger partial charge in [-0.3, -0.25) is 19.4 Å². The molecular weight excluding hydrogens is 526 g/mol. The number of pyridine rings is 1. The number of ether oxygens (including phenoxy) is 1. The van der Waals surface area contributed by atoms with E-state index in [1.807, 2.05) is 35.2 Å². The lowest BCUT2D eigenvalue weighted by atomic mass is 9.94. The number of thiazole rings is 1. The number of rotatable bonds is 11. The zero-order chi connectivity index (χ0) is 28.1. The van der Waals surface area contributed by atoms with Gasteiger partial charge < -0.3 is 20.3 Å². The molecule has 10 heteroatoms. The van der Waals surface area contributed by atoms with Crippen LogP contribution in [-0.4, -0.2) is 76.2 Å². The van der Waals surface area contributed by atoms with Crippen molar-refractivity contribution in [3.8, 4) is 5.75 Å². The number of aryl methyl sites for hydroxylation is 1. The number of ketones is 1. The number of nitrogens with two attached hydrogens (primary N) is 1. The van der Waals surface area contributed by atoms with Crippen LogP contribution in [0.2, 0.25) is 0 Å². The topological polar surface area (TPSA) is 119 Å². The normalized spacial score (nSPS) is 19.8. The zero-order valence-electron chi connectivity index (χ0n) is 23.0. The highest BCUT2D eigenvalue weighted by Gasteiger charge is 2.40. The Bertz CT molecular complexity index is 1300. The Morgan fingerprint density at radius 3 is 2.62 bits per heavy atom. The number of amides is 2. The van der Waals surface area contributed by atoms with Crippen molar-refractivity contribution in [1.82, 2.24) is 19.8 Å². The van der Waals surface area contributed by atoms with Gasteiger partial charge >= 0.3 is 0 Å². The molecule has 9 nitrogen and oxygen atoms in total. The molecule has 1 aromatic carbocycles. The lowest BCUT2D eigenvalue weighted by Crippen LogP contribution is -2.49. The molecule has 2 N–H and O–H groups in total. The number of hydrogen-bond donors (Lipinski definition) is 1. The van der Waals surface area contributed by atoms with Crippen LogP contribution in [-0.2, 0) is 27.2 Å². The Balaban J connectivity index is 1.24. The van der Waals surface area contributed by atoms with Crippen molar-refractivity contribution in [3.05, 3.63) is 53.3 Å². The van der Waals surface area contributed by atoms with Crippen molar-refractivity contribution in [2.24, 2.45) is 11.7 Å². The third kappa shape index (κ3) is 6.67. The SMILES string of the molecule is COc1ccc(C[C@@H]2C[C@@H](C(=O)CCc3nc4cnccc4s3)N(C(=O)[C@H](N)CCC(=O)N3CCCC3)C2)cc1. The Morgan fingerprint density at radius 2 is 1.90 bits per heavy atom. The van der Waals surface area contributed by atoms with E-state index in [1.54, 1.807) is 35.7 Å². The lowest BCUT2D eigenvalue weighted by molar-refractivity contribution is -0.139. The molecular formula is C30H37N5O4S. The lowest BCUT2D eigenvalue weighted by Gasteiger charge is -2.27. The number of carbonyl (C=O) groups excluding carboxylic acids is 3. The minimum atomic E-state index is -0.807. The van der Waals surface area contributed by atoms with Crippen LogP contribution in [0.25, 0.3) is 10.2 Å². The van der Waals surface area contributed by atoms with Crippen molar-refractivity contribution in [3.63, 3.8) is 0 Å². The maximum absolute atomic E-state index is 13.6. The zero-order valence-corrected chi connectivity index (χ0v) is 23.8. The second-order valence-electron chi connectivity index (χ2n) is 10.8. The van der Waals surface area contributed by atoms with Crippen molar-refractivity contribution in [1.29, 1.82) is 0 Å². The van der Waals surface area contributed by atoms with E-state index in [-0.39, 0.29) is 36.4 Å². The van der Waals surface area contributed by atoms with E-state index in [1.165, 1.54) is 0 Å². The van der Waals surface area contributed by atoms with Gasteiger partial charge in [0.15, 0.2) is 5.78 Å². The van der Waals surface area contributed by atoms with Gasteiger partial charge in [-0.15, -0.1) is 11.3 Å². The molecule has 4 heterocycles. The first-order chi connectivity index (χ1) is 19.4. The number of hydrogen-bond acceptors (Lipinski definition) is 8. The van der Waals surface area contributed by atoms with E-state index >= 15 is 0 Å². The van der Waals surface area contributed by atoms with Crippen LogP contribution >= 0.6 is 11.3 Å². The van der Waals surface area contributed by atoms with Crippen molar-refractivity contribution < 1.29 is 19.1 Å². The van der Waals surface area contributed by atoms with Crippen LogP contribution in [0, 0.1) is 5.92 Å². The van der Waals surface area contributed by atoms with E-state index in [0.29, 0.717) is 25.8 Å². The monoisotopic (exact) mass is 563 g/mol. The molecule has 0 unspecified atom stereocenters. The van der Waals surface area contributed by atoms with Crippen LogP contribution in [0.3, 0.4) is 0 Å². The Labute approximate surface area is 238 Å². The van der Waals surface area contributed by atoms with Gasteiger partial charge in [0.1, 0.15) is 5.75 Å². The summed E-state index contributed by atoms with van der Waals surface area (Å²) in [6, 6.07) is 8.50. The maximum atomic E-state index is 13.6. The first-order valence-electron chi connectivity index (χ1n) is 14.1. The first kappa shape index (κ1) is 28.2. The first-order valence-corrected chi connectivity index (χ1v) is 14.9. The van der Waals surface area contributed by atoms with Crippen LogP contribution < -0.4 is 10.5 Å². The fourth-order valence-electron chi connectivity index (χ4n) is 5.79. The fraction of sp³-hybridized carbons (Fsp3) is 0.500. The Morgan fingerprint density at radius 1 is 1.12 bits per heavy atom. The summed E-state index contributed by atoms with van der Waals surface area (Å²) in [7, 11) is 1.64. The number of benzene rings is 1. The minimum absolute atomic E-state index is 0.0308. The molecule has 2 aromatic heterocycles. The quantitative estimate of drug-likeness (QED) is 0.380. The van der Waals surface area contributed by atoms with Gasteiger partial charge in [-0.05, 0) is 61.8 Å². The number of carbonyl (C=O) groups is 3. The van der Waals surface area contributed by atoms with E-state index in [9.17, 15) is 14.4 Å². The molecule has 0 radical (unpaired) electrons. The van der Waals surface area contributed by atoms with Crippen molar-refractivity contribution >= 4 is 39.2 Å². The molecule has 2 amide bonds. The molecule has 3 aromatic rings. The molecule has 2 aliphatic heterocycles. The molecule has 212 valence electrons. The highest BCUT2D eigenvalue weighted by Crippen LogP contribution is 2.30. The highest BCUT2D eigenvalue weighted by atomic mass is 32.1. The number of Topliss-reactive ketones (excluding diaryl/α,β-unsaturated/α-hetero) is 1. The number of methoxy groups -OCH3 is 1. The number of likely N-dealkylation sites (tertiary alicyclic amines) is 2. The van der Waals surface area contributed by atoms with Crippen LogP contribution in [0.5, 0.6) is 5.75 Å². The molecule has 0 bridgehead atoms. The number of nitrogens with zero attached hydrogens (tertiary/aromatic N) is 4. The van der Waals surface area contributed by atoms with Gasteiger partial charge in [-0.1, -0.05) is 12.1 Å². The van der Waals surface area contributed by atoms with Crippen LogP contribution in [0.4, 0.5) is 0 Å². The Hall–Kier alpha value is -3.37. The van der Waals surface area contributed by atoms with E-state index in [0.717, 1.165) is 58.9 Å². The summed E-state index contributed by atoms with van der Waals surface area (Å²) in [5.41, 5.74) is 8.31. The molecule has 2 saturated heterocycles. The summed E-state index contributed by atoms with van der Waals surface area (Å²) in [6.45, 7) is 2.04. The van der Waals surface area contributed by atoms with E-state index < -0.39 is 12.1 Å². The summed E-state index contributed by atoms with van der Waals surface area (Å²) >= 11 is 1.57. The molecule has 0 saturated carbocycles. The largest absolute Gasteiger partial charge is 0.497 e. The number of aromatic nitrogens is 2. The predicted molar refractivity (Wildman–Crippen MR) is 154 cm³/mol. The average Bonchev–Trinajstić information content (AvgIpc) is 3.74. The molecule has 5 rings (SSSR count). The van der Waals surface area contributed by atoms with Crippen LogP contribution in [0.15, 0.2) is 42.7 Å². The summed E-state index contributed by atoms with van der Waals surface area (Å²) in [4.78, 5) is 51.9. The van der Waals surface area contributed by atoms with Gasteiger partial charge in [0.2, 0.25) is 11.8 Å². The van der Waals surface area contributed by atoms with Gasteiger partial charge in [0.25, 0.3) is 0 Å². The van der Waals surface area contributed by atoms with Gasteiger partial charge in [0.05, 0.1) is 40.6 Å². The Kier molecular flexibility index (Phi) is 9.06. The summed E-state index contributed by atoms with van der Waals surface area (Å²) < 4.78 is 6.32. The molecule has 2 fully saturated rings. The second kappa shape index (κ2) is 12.9. The van der Waals surface area contributed by atoms with E-state index in [2.05, 4.69) is 9.97 Å². The fourth-order valence-corrected chi connectivity index (χ4v) is 6.72. The molecule has 0 spiro atoms. The second-order valence-corrected chi connectivity index (χ2v) is 11.9. The van der Waals surface area contributed by atoms with Crippen molar-refractivity contribution in [2.75, 3.05) is 26.7 Å². The standard InChI is InChI=1S/C30H37N5O4S/c1-39-22-6-4-20(5-7-22)16-21-17-25(26(36)9-10-28-33-24-18-32-13-12-27(24)40-28)35(19-21)30(38)23(31)8-11-29(37)34-14-2-3-15-34/h4-7,12-13,18,21,23,25H,2-3,8-11,14-17,19,31H2,1H3/t21-,23-,25+/m1/s1. The maximum Gasteiger partial charge on any atom is 0.240 e. The average molecular weight is 564 g/mol. The van der Waals surface area contributed by atoms with Crippen molar-refractivity contribution in [2.45, 2.75) is 63.5 Å². The predicted octanol–water partition coefficient (Wildman–Crippen LogP) is 3.39. The third-order valence-electron chi connectivity index (χ3n) is 7.99. The molecule has 40 heavy (non-hydrogen) atoms. The van der Waals surface area contributed by atoms with Crippen LogP contribution in [0.1, 0.15) is 49.1 Å². The molecule has 2 aliphatic rings. The molecule has 3 atom stereocenters. The minimum Gasteiger partial charge on any atom is -0.497 e. The van der Waals surface area contributed by atoms with Gasteiger partial charge in [-0.25, -0.2) is 4.98 Å². The summed E-state index contributed by atoms with van der Waals surface area (Å²) in [5, 5.41) is 0.888. The van der Waals surface area contributed by atoms with E-state index in [4.69, 9.17) is 10.5 Å². The summed E-state index contributed by atoms with van der Waals surface area (Å²) in [5.74, 6) is 0.774. The third-order valence-corrected chi connectivity index (χ3v) is 9.09. The van der Waals surface area contributed by atoms with Gasteiger partial charge in [0, 0.05) is 45.1 Å². The molecule has 0 aliphatic carbocycles. The number of fused-ring (bicyclic) bond motifs is 1. The summed E-state index contributed by atoms with van der Waals surface area (Å²) in [6.07, 6.45) is 8.24. The highest BCUT2D eigenvalue weighted by molar-refractivity contribution is 7.18.